The lowest BCUT2D eigenvalue weighted by atomic mass is 9.93. The van der Waals surface area contributed by atoms with Gasteiger partial charge in [0.1, 0.15) is 0 Å². The molecule has 0 atom stereocenters. The third kappa shape index (κ3) is 4.42. The van der Waals surface area contributed by atoms with Gasteiger partial charge in [-0.1, -0.05) is 27.7 Å². The van der Waals surface area contributed by atoms with Gasteiger partial charge in [-0.15, -0.1) is 11.3 Å². The molecule has 1 aliphatic heterocycles. The van der Waals surface area contributed by atoms with E-state index in [0.717, 1.165) is 38.2 Å². The zero-order valence-electron chi connectivity index (χ0n) is 15.8. The van der Waals surface area contributed by atoms with Gasteiger partial charge in [-0.3, -0.25) is 15.3 Å². The summed E-state index contributed by atoms with van der Waals surface area (Å²) in [6.45, 7) is 10.1. The van der Waals surface area contributed by atoms with Crippen molar-refractivity contribution in [1.82, 2.24) is 14.8 Å². The summed E-state index contributed by atoms with van der Waals surface area (Å²) in [5.74, 6) is 0.539. The molecule has 2 amide bonds. The molecule has 8 heteroatoms. The van der Waals surface area contributed by atoms with Gasteiger partial charge in [0.15, 0.2) is 10.9 Å². The Labute approximate surface area is 158 Å². The molecule has 1 fully saturated rings. The molecule has 0 saturated carbocycles. The number of aromatic nitrogens is 3. The second-order valence-electron chi connectivity index (χ2n) is 7.50. The topological polar surface area (TPSA) is 81.1 Å². The Balaban J connectivity index is 1.62. The van der Waals surface area contributed by atoms with Crippen LogP contribution in [0.25, 0.3) is 0 Å². The molecular weight excluding hydrogens is 350 g/mol. The molecular formula is C18H27N5O2S. The summed E-state index contributed by atoms with van der Waals surface area (Å²) in [7, 11) is 0. The van der Waals surface area contributed by atoms with Crippen molar-refractivity contribution < 1.29 is 9.53 Å². The molecule has 0 aliphatic carbocycles. The Bertz CT molecular complexity index is 756. The minimum atomic E-state index is -0.320. The van der Waals surface area contributed by atoms with E-state index in [1.165, 1.54) is 16.2 Å². The van der Waals surface area contributed by atoms with Crippen molar-refractivity contribution in [2.45, 2.75) is 58.4 Å². The average Bonchev–Trinajstić information content (AvgIpc) is 3.22. The van der Waals surface area contributed by atoms with E-state index in [-0.39, 0.29) is 11.4 Å². The van der Waals surface area contributed by atoms with E-state index in [0.29, 0.717) is 17.0 Å². The van der Waals surface area contributed by atoms with Gasteiger partial charge in [-0.25, -0.2) is 9.78 Å². The number of ether oxygens (including phenoxy) is 1. The van der Waals surface area contributed by atoms with Crippen LogP contribution in [0.15, 0.2) is 12.3 Å². The third-order valence-corrected chi connectivity index (χ3v) is 5.79. The number of thiazole rings is 1. The first-order valence-corrected chi connectivity index (χ1v) is 9.89. The number of carbonyl (C=O) groups is 1. The van der Waals surface area contributed by atoms with Gasteiger partial charge in [0, 0.05) is 30.4 Å². The lowest BCUT2D eigenvalue weighted by Crippen LogP contribution is -2.22. The number of nitrogens with one attached hydrogen (secondary N) is 2. The Morgan fingerprint density at radius 2 is 2.08 bits per heavy atom. The third-order valence-electron chi connectivity index (χ3n) is 4.35. The number of rotatable bonds is 4. The SMILES string of the molecule is CCc1nc(NC(=O)Nc2ccn(C3CCOCC3)n2)sc1C(C)(C)C. The van der Waals surface area contributed by atoms with E-state index in [1.807, 2.05) is 16.9 Å². The first-order valence-electron chi connectivity index (χ1n) is 9.08. The van der Waals surface area contributed by atoms with Crippen LogP contribution in [-0.4, -0.2) is 34.0 Å². The molecule has 1 saturated heterocycles. The van der Waals surface area contributed by atoms with E-state index in [1.54, 1.807) is 0 Å². The minimum absolute atomic E-state index is 0.0158. The van der Waals surface area contributed by atoms with Crippen LogP contribution in [0.5, 0.6) is 0 Å². The quantitative estimate of drug-likeness (QED) is 0.837. The fraction of sp³-hybridized carbons (Fsp3) is 0.611. The number of hydrogen-bond acceptors (Lipinski definition) is 5. The lowest BCUT2D eigenvalue weighted by molar-refractivity contribution is 0.0663. The maximum Gasteiger partial charge on any atom is 0.326 e. The smallest absolute Gasteiger partial charge is 0.326 e. The average molecular weight is 378 g/mol. The van der Waals surface area contributed by atoms with Gasteiger partial charge < -0.3 is 4.74 Å². The van der Waals surface area contributed by atoms with Gasteiger partial charge >= 0.3 is 6.03 Å². The largest absolute Gasteiger partial charge is 0.381 e. The van der Waals surface area contributed by atoms with Crippen LogP contribution in [0.2, 0.25) is 0 Å². The fourth-order valence-corrected chi connectivity index (χ4v) is 4.14. The monoisotopic (exact) mass is 377 g/mol. The zero-order valence-corrected chi connectivity index (χ0v) is 16.7. The molecule has 0 radical (unpaired) electrons. The highest BCUT2D eigenvalue weighted by Crippen LogP contribution is 2.34. The summed E-state index contributed by atoms with van der Waals surface area (Å²) in [4.78, 5) is 18.1. The number of hydrogen-bond donors (Lipinski definition) is 2. The van der Waals surface area contributed by atoms with Gasteiger partial charge in [0.25, 0.3) is 0 Å². The number of anilines is 2. The Kier molecular flexibility index (Phi) is 5.62. The van der Waals surface area contributed by atoms with E-state index >= 15 is 0 Å². The zero-order chi connectivity index (χ0) is 18.7. The molecule has 2 aromatic heterocycles. The second kappa shape index (κ2) is 7.75. The van der Waals surface area contributed by atoms with Crippen LogP contribution in [-0.2, 0) is 16.6 Å². The molecule has 7 nitrogen and oxygen atoms in total. The van der Waals surface area contributed by atoms with Crippen LogP contribution < -0.4 is 10.6 Å². The molecule has 3 rings (SSSR count). The van der Waals surface area contributed by atoms with Gasteiger partial charge in [-0.05, 0) is 24.7 Å². The molecule has 142 valence electrons. The molecule has 1 aliphatic rings. The van der Waals surface area contributed by atoms with Crippen molar-refractivity contribution in [2.75, 3.05) is 23.8 Å². The first-order chi connectivity index (χ1) is 12.4. The van der Waals surface area contributed by atoms with Crippen molar-refractivity contribution in [3.63, 3.8) is 0 Å². The predicted octanol–water partition coefficient (Wildman–Crippen LogP) is 4.20. The molecule has 0 aromatic carbocycles. The number of aryl methyl sites for hydroxylation is 1. The molecule has 2 aromatic rings. The van der Waals surface area contributed by atoms with Crippen LogP contribution >= 0.6 is 11.3 Å². The van der Waals surface area contributed by atoms with E-state index in [9.17, 15) is 4.79 Å². The van der Waals surface area contributed by atoms with Crippen molar-refractivity contribution in [1.29, 1.82) is 0 Å². The van der Waals surface area contributed by atoms with Crippen molar-refractivity contribution in [3.8, 4) is 0 Å². The summed E-state index contributed by atoms with van der Waals surface area (Å²) >= 11 is 1.54. The van der Waals surface area contributed by atoms with E-state index in [4.69, 9.17) is 4.74 Å². The van der Waals surface area contributed by atoms with Crippen LogP contribution in [0.1, 0.15) is 57.1 Å². The number of nitrogens with zero attached hydrogens (tertiary/aromatic N) is 3. The highest BCUT2D eigenvalue weighted by atomic mass is 32.1. The maximum atomic E-state index is 12.3. The normalized spacial score (nSPS) is 15.8. The number of urea groups is 1. The van der Waals surface area contributed by atoms with Crippen LogP contribution in [0.3, 0.4) is 0 Å². The van der Waals surface area contributed by atoms with Crippen LogP contribution in [0, 0.1) is 0 Å². The molecule has 0 bridgehead atoms. The Morgan fingerprint density at radius 3 is 2.69 bits per heavy atom. The fourth-order valence-electron chi connectivity index (χ4n) is 3.03. The molecule has 3 heterocycles. The summed E-state index contributed by atoms with van der Waals surface area (Å²) in [6, 6.07) is 1.83. The van der Waals surface area contributed by atoms with Gasteiger partial charge in [-0.2, -0.15) is 5.10 Å². The minimum Gasteiger partial charge on any atom is -0.381 e. The summed E-state index contributed by atoms with van der Waals surface area (Å²) in [5, 5.41) is 10.7. The molecule has 26 heavy (non-hydrogen) atoms. The van der Waals surface area contributed by atoms with Crippen molar-refractivity contribution in [2.24, 2.45) is 0 Å². The van der Waals surface area contributed by atoms with Crippen LogP contribution in [0.4, 0.5) is 15.7 Å². The first kappa shape index (κ1) is 18.8. The predicted molar refractivity (Wildman–Crippen MR) is 104 cm³/mol. The van der Waals surface area contributed by atoms with Crippen molar-refractivity contribution >= 4 is 28.3 Å². The highest BCUT2D eigenvalue weighted by Gasteiger charge is 2.23. The Hall–Kier alpha value is -1.93. The van der Waals surface area contributed by atoms with E-state index in [2.05, 4.69) is 48.4 Å². The summed E-state index contributed by atoms with van der Waals surface area (Å²) in [5.41, 5.74) is 1.06. The van der Waals surface area contributed by atoms with Gasteiger partial charge in [0.2, 0.25) is 0 Å². The molecule has 0 unspecified atom stereocenters. The maximum absolute atomic E-state index is 12.3. The number of amides is 2. The summed E-state index contributed by atoms with van der Waals surface area (Å²) < 4.78 is 7.29. The standard InChI is InChI=1S/C18H27N5O2S/c1-5-13-15(18(2,3)4)26-17(19-13)21-16(24)20-14-6-9-23(22-14)12-7-10-25-11-8-12/h6,9,12H,5,7-8,10-11H2,1-4H3,(H2,19,20,21,22,24). The highest BCUT2D eigenvalue weighted by molar-refractivity contribution is 7.16. The lowest BCUT2D eigenvalue weighted by Gasteiger charge is -2.22. The van der Waals surface area contributed by atoms with Crippen molar-refractivity contribution in [3.05, 3.63) is 22.8 Å². The van der Waals surface area contributed by atoms with E-state index < -0.39 is 0 Å². The molecule has 0 spiro atoms. The van der Waals surface area contributed by atoms with Gasteiger partial charge in [0.05, 0.1) is 11.7 Å². The summed E-state index contributed by atoms with van der Waals surface area (Å²) in [6.07, 6.45) is 4.65. The number of carbonyl (C=O) groups excluding carboxylic acids is 1. The Morgan fingerprint density at radius 1 is 1.35 bits per heavy atom. The second-order valence-corrected chi connectivity index (χ2v) is 8.50. The molecule has 2 N–H and O–H groups in total.